The SMILES string of the molecule is CC1(C)C(N)C(C)(C)C1NC(=O)CCCc1ccccc1. The number of rotatable bonds is 5. The third kappa shape index (κ3) is 3.13. The highest BCUT2D eigenvalue weighted by Crippen LogP contribution is 2.52. The van der Waals surface area contributed by atoms with Crippen LogP contribution in [0.2, 0.25) is 0 Å². The van der Waals surface area contributed by atoms with Gasteiger partial charge in [0.2, 0.25) is 5.91 Å². The summed E-state index contributed by atoms with van der Waals surface area (Å²) in [5.74, 6) is 0.143. The standard InChI is InChI=1S/C18H28N2O/c1-17(2)15(19)18(3,4)16(17)20-14(21)12-8-11-13-9-6-5-7-10-13/h5-7,9-10,15-16H,8,11-12,19H2,1-4H3,(H,20,21). The van der Waals surface area contributed by atoms with Gasteiger partial charge in [0.15, 0.2) is 0 Å². The number of benzene rings is 1. The lowest BCUT2D eigenvalue weighted by Crippen LogP contribution is -2.76. The number of aryl methyl sites for hydroxylation is 1. The first kappa shape index (κ1) is 16.0. The summed E-state index contributed by atoms with van der Waals surface area (Å²) in [4.78, 5) is 12.2. The van der Waals surface area contributed by atoms with Crippen LogP contribution in [-0.4, -0.2) is 18.0 Å². The summed E-state index contributed by atoms with van der Waals surface area (Å²) in [6.45, 7) is 8.55. The van der Waals surface area contributed by atoms with Gasteiger partial charge < -0.3 is 11.1 Å². The van der Waals surface area contributed by atoms with Gasteiger partial charge in [0.25, 0.3) is 0 Å². The minimum absolute atomic E-state index is 0.0292. The van der Waals surface area contributed by atoms with Crippen molar-refractivity contribution < 1.29 is 4.79 Å². The van der Waals surface area contributed by atoms with E-state index < -0.39 is 0 Å². The second-order valence-electron chi connectivity index (χ2n) is 7.46. The fraction of sp³-hybridized carbons (Fsp3) is 0.611. The summed E-state index contributed by atoms with van der Waals surface area (Å²) >= 11 is 0. The van der Waals surface area contributed by atoms with Crippen LogP contribution in [0.1, 0.15) is 46.1 Å². The monoisotopic (exact) mass is 288 g/mol. The topological polar surface area (TPSA) is 55.1 Å². The molecule has 0 heterocycles. The van der Waals surface area contributed by atoms with E-state index in [0.717, 1.165) is 12.8 Å². The third-order valence-corrected chi connectivity index (χ3v) is 5.11. The number of nitrogens with two attached hydrogens (primary N) is 1. The molecule has 1 saturated carbocycles. The molecule has 2 rings (SSSR count). The highest BCUT2D eigenvalue weighted by Gasteiger charge is 2.60. The molecule has 3 heteroatoms. The van der Waals surface area contributed by atoms with Crippen molar-refractivity contribution in [3.05, 3.63) is 35.9 Å². The van der Waals surface area contributed by atoms with E-state index >= 15 is 0 Å². The second-order valence-corrected chi connectivity index (χ2v) is 7.46. The lowest BCUT2D eigenvalue weighted by atomic mass is 9.48. The van der Waals surface area contributed by atoms with Gasteiger partial charge in [0.05, 0.1) is 0 Å². The van der Waals surface area contributed by atoms with Crippen molar-refractivity contribution >= 4 is 5.91 Å². The Labute approximate surface area is 128 Å². The summed E-state index contributed by atoms with van der Waals surface area (Å²) in [5.41, 5.74) is 7.46. The maximum Gasteiger partial charge on any atom is 0.220 e. The van der Waals surface area contributed by atoms with Crippen LogP contribution in [0.25, 0.3) is 0 Å². The number of hydrogen-bond donors (Lipinski definition) is 2. The van der Waals surface area contributed by atoms with Gasteiger partial charge in [-0.15, -0.1) is 0 Å². The van der Waals surface area contributed by atoms with Crippen LogP contribution in [0, 0.1) is 10.8 Å². The minimum atomic E-state index is -0.0292. The molecular weight excluding hydrogens is 260 g/mol. The minimum Gasteiger partial charge on any atom is -0.352 e. The molecule has 1 fully saturated rings. The van der Waals surface area contributed by atoms with E-state index in [0.29, 0.717) is 6.42 Å². The number of nitrogens with one attached hydrogen (secondary N) is 1. The quantitative estimate of drug-likeness (QED) is 0.875. The molecule has 3 nitrogen and oxygen atoms in total. The van der Waals surface area contributed by atoms with Crippen molar-refractivity contribution in [1.82, 2.24) is 5.32 Å². The molecule has 0 spiro atoms. The maximum absolute atomic E-state index is 12.2. The largest absolute Gasteiger partial charge is 0.352 e. The summed E-state index contributed by atoms with van der Waals surface area (Å²) in [6.07, 6.45) is 2.41. The molecule has 0 unspecified atom stereocenters. The van der Waals surface area contributed by atoms with Gasteiger partial charge >= 0.3 is 0 Å². The predicted octanol–water partition coefficient (Wildman–Crippen LogP) is 2.89. The molecule has 116 valence electrons. The number of hydrogen-bond acceptors (Lipinski definition) is 2. The lowest BCUT2D eigenvalue weighted by Gasteiger charge is -2.62. The average Bonchev–Trinajstić information content (AvgIpc) is 2.45. The Morgan fingerprint density at radius 2 is 1.71 bits per heavy atom. The zero-order chi connectivity index (χ0) is 15.7. The van der Waals surface area contributed by atoms with Crippen molar-refractivity contribution in [2.75, 3.05) is 0 Å². The Hall–Kier alpha value is -1.35. The summed E-state index contributed by atoms with van der Waals surface area (Å²) in [7, 11) is 0. The van der Waals surface area contributed by atoms with Crippen LogP contribution in [-0.2, 0) is 11.2 Å². The zero-order valence-corrected chi connectivity index (χ0v) is 13.6. The van der Waals surface area contributed by atoms with Crippen LogP contribution < -0.4 is 11.1 Å². The summed E-state index contributed by atoms with van der Waals surface area (Å²) in [6, 6.07) is 10.6. The van der Waals surface area contributed by atoms with Crippen molar-refractivity contribution in [3.63, 3.8) is 0 Å². The molecule has 1 aliphatic rings. The normalized spacial score (nSPS) is 26.0. The first-order valence-electron chi connectivity index (χ1n) is 7.85. The Morgan fingerprint density at radius 1 is 1.14 bits per heavy atom. The van der Waals surface area contributed by atoms with Crippen LogP contribution >= 0.6 is 0 Å². The molecule has 1 aromatic rings. The van der Waals surface area contributed by atoms with E-state index in [2.05, 4.69) is 45.1 Å². The van der Waals surface area contributed by atoms with Crippen molar-refractivity contribution in [1.29, 1.82) is 0 Å². The van der Waals surface area contributed by atoms with Crippen LogP contribution in [0.5, 0.6) is 0 Å². The first-order chi connectivity index (χ1) is 9.76. The van der Waals surface area contributed by atoms with Gasteiger partial charge in [-0.25, -0.2) is 0 Å². The molecule has 0 atom stereocenters. The number of carbonyl (C=O) groups is 1. The molecule has 3 N–H and O–H groups in total. The van der Waals surface area contributed by atoms with E-state index in [1.807, 2.05) is 18.2 Å². The van der Waals surface area contributed by atoms with Crippen LogP contribution in [0.3, 0.4) is 0 Å². The van der Waals surface area contributed by atoms with Crippen molar-refractivity contribution in [2.45, 2.75) is 59.0 Å². The fourth-order valence-electron chi connectivity index (χ4n) is 3.88. The molecule has 21 heavy (non-hydrogen) atoms. The molecule has 0 saturated heterocycles. The van der Waals surface area contributed by atoms with Gasteiger partial charge in [0.1, 0.15) is 0 Å². The Bertz CT molecular complexity index is 477. The first-order valence-corrected chi connectivity index (χ1v) is 7.85. The molecule has 1 amide bonds. The highest BCUT2D eigenvalue weighted by molar-refractivity contribution is 5.76. The highest BCUT2D eigenvalue weighted by atomic mass is 16.1. The smallest absolute Gasteiger partial charge is 0.220 e. The van der Waals surface area contributed by atoms with Gasteiger partial charge in [-0.05, 0) is 18.4 Å². The van der Waals surface area contributed by atoms with E-state index in [4.69, 9.17) is 5.73 Å². The van der Waals surface area contributed by atoms with Crippen LogP contribution in [0.4, 0.5) is 0 Å². The average molecular weight is 288 g/mol. The summed E-state index contributed by atoms with van der Waals surface area (Å²) < 4.78 is 0. The fourth-order valence-corrected chi connectivity index (χ4v) is 3.88. The molecule has 0 aliphatic heterocycles. The van der Waals surface area contributed by atoms with Gasteiger partial charge in [-0.2, -0.15) is 0 Å². The zero-order valence-electron chi connectivity index (χ0n) is 13.6. The van der Waals surface area contributed by atoms with E-state index in [1.165, 1.54) is 5.56 Å². The van der Waals surface area contributed by atoms with Gasteiger partial charge in [-0.1, -0.05) is 58.0 Å². The molecule has 1 aromatic carbocycles. The van der Waals surface area contributed by atoms with E-state index in [1.54, 1.807) is 0 Å². The van der Waals surface area contributed by atoms with E-state index in [-0.39, 0.29) is 28.8 Å². The number of carbonyl (C=O) groups excluding carboxylic acids is 1. The van der Waals surface area contributed by atoms with E-state index in [9.17, 15) is 4.79 Å². The molecule has 0 radical (unpaired) electrons. The van der Waals surface area contributed by atoms with Crippen molar-refractivity contribution in [3.8, 4) is 0 Å². The molecule has 0 aromatic heterocycles. The Kier molecular flexibility index (Phi) is 4.43. The van der Waals surface area contributed by atoms with Crippen LogP contribution in [0.15, 0.2) is 30.3 Å². The van der Waals surface area contributed by atoms with Gasteiger partial charge in [0, 0.05) is 29.3 Å². The van der Waals surface area contributed by atoms with Crippen molar-refractivity contribution in [2.24, 2.45) is 16.6 Å². The van der Waals surface area contributed by atoms with Gasteiger partial charge in [-0.3, -0.25) is 4.79 Å². The maximum atomic E-state index is 12.2. The molecular formula is C18H28N2O. The second kappa shape index (κ2) is 5.80. The predicted molar refractivity (Wildman–Crippen MR) is 86.8 cm³/mol. The number of amides is 1. The Morgan fingerprint density at radius 3 is 2.29 bits per heavy atom. The Balaban J connectivity index is 1.80. The third-order valence-electron chi connectivity index (χ3n) is 5.11. The molecule has 0 bridgehead atoms. The summed E-state index contributed by atoms with van der Waals surface area (Å²) in [5, 5.41) is 3.19. The lowest BCUT2D eigenvalue weighted by molar-refractivity contribution is -0.132. The molecule has 1 aliphatic carbocycles.